The Morgan fingerprint density at radius 1 is 1.22 bits per heavy atom. The maximum absolute atomic E-state index is 12.4. The molecule has 1 fully saturated rings. The molecule has 0 spiro atoms. The summed E-state index contributed by atoms with van der Waals surface area (Å²) in [5.41, 5.74) is 4.71. The minimum atomic E-state index is -1.55. The number of pyridine rings is 1. The monoisotopic (exact) mass is 507 g/mol. The standard InChI is InChI=1S/C27H37N5O3Si/c1-17-13-20(32-16-23(30-31-32)36(4,5)6)14-18(2)24(17)25-22(33)15-19(26(25)35-3)10-12-29-27(34)21-9-7-8-11-28-21/h7-9,11,13-14,16,19,22,25-26,33H,10,12,15H2,1-6H3,(H,29,34). The lowest BCUT2D eigenvalue weighted by atomic mass is 9.85. The zero-order valence-electron chi connectivity index (χ0n) is 22.0. The number of carbonyl (C=O) groups is 1. The van der Waals surface area contributed by atoms with Gasteiger partial charge in [-0.1, -0.05) is 30.9 Å². The molecule has 0 bridgehead atoms. The van der Waals surface area contributed by atoms with Gasteiger partial charge in [-0.25, -0.2) is 4.68 Å². The molecule has 0 aliphatic heterocycles. The van der Waals surface area contributed by atoms with Crippen LogP contribution in [-0.4, -0.2) is 64.9 Å². The van der Waals surface area contributed by atoms with E-state index in [0.717, 1.165) is 34.1 Å². The van der Waals surface area contributed by atoms with Crippen LogP contribution in [0.5, 0.6) is 0 Å². The molecule has 0 radical (unpaired) electrons. The number of carbonyl (C=O) groups excluding carboxylic acids is 1. The van der Waals surface area contributed by atoms with Crippen LogP contribution in [0.1, 0.15) is 45.9 Å². The van der Waals surface area contributed by atoms with Gasteiger partial charge in [-0.15, -0.1) is 5.10 Å². The first-order valence-corrected chi connectivity index (χ1v) is 16.0. The maximum atomic E-state index is 12.4. The predicted molar refractivity (Wildman–Crippen MR) is 143 cm³/mol. The number of aliphatic hydroxyl groups is 1. The van der Waals surface area contributed by atoms with E-state index in [-0.39, 0.29) is 23.8 Å². The average Bonchev–Trinajstić information content (AvgIpc) is 3.45. The molecule has 2 N–H and O–H groups in total. The molecule has 192 valence electrons. The Morgan fingerprint density at radius 3 is 2.53 bits per heavy atom. The van der Waals surface area contributed by atoms with Gasteiger partial charge < -0.3 is 15.2 Å². The van der Waals surface area contributed by atoms with Crippen LogP contribution in [0.25, 0.3) is 5.69 Å². The predicted octanol–water partition coefficient (Wildman–Crippen LogP) is 3.12. The minimum absolute atomic E-state index is 0.131. The van der Waals surface area contributed by atoms with E-state index in [9.17, 15) is 9.90 Å². The second-order valence-electron chi connectivity index (χ2n) is 10.8. The molecule has 2 aromatic heterocycles. The molecule has 1 saturated carbocycles. The number of amides is 1. The number of aromatic nitrogens is 4. The van der Waals surface area contributed by atoms with Crippen LogP contribution >= 0.6 is 0 Å². The van der Waals surface area contributed by atoms with Crippen LogP contribution in [0.3, 0.4) is 0 Å². The van der Waals surface area contributed by atoms with Crippen molar-refractivity contribution in [1.82, 2.24) is 25.3 Å². The Morgan fingerprint density at radius 2 is 1.94 bits per heavy atom. The molecular weight excluding hydrogens is 470 g/mol. The second kappa shape index (κ2) is 10.6. The highest BCUT2D eigenvalue weighted by Gasteiger charge is 2.44. The summed E-state index contributed by atoms with van der Waals surface area (Å²) in [6.07, 6.45) is 4.35. The Kier molecular flexibility index (Phi) is 7.72. The van der Waals surface area contributed by atoms with Gasteiger partial charge in [0.2, 0.25) is 0 Å². The van der Waals surface area contributed by atoms with Crippen LogP contribution in [0, 0.1) is 19.8 Å². The summed E-state index contributed by atoms with van der Waals surface area (Å²) in [5, 5.41) is 23.9. The lowest BCUT2D eigenvalue weighted by Crippen LogP contribution is -2.38. The van der Waals surface area contributed by atoms with Gasteiger partial charge >= 0.3 is 0 Å². The van der Waals surface area contributed by atoms with Gasteiger partial charge in [-0.05, 0) is 73.6 Å². The fraction of sp³-hybridized carbons (Fsp3) is 0.481. The molecule has 1 aromatic carbocycles. The van der Waals surface area contributed by atoms with Crippen molar-refractivity contribution in [2.75, 3.05) is 13.7 Å². The molecule has 0 saturated heterocycles. The average molecular weight is 508 g/mol. The smallest absolute Gasteiger partial charge is 0.269 e. The number of aryl methyl sites for hydroxylation is 2. The van der Waals surface area contributed by atoms with Crippen LogP contribution in [-0.2, 0) is 4.74 Å². The summed E-state index contributed by atoms with van der Waals surface area (Å²) in [4.78, 5) is 16.5. The molecule has 1 aliphatic carbocycles. The van der Waals surface area contributed by atoms with Crippen molar-refractivity contribution in [2.24, 2.45) is 5.92 Å². The number of nitrogens with one attached hydrogen (secondary N) is 1. The van der Waals surface area contributed by atoms with Crippen molar-refractivity contribution in [1.29, 1.82) is 0 Å². The molecule has 4 rings (SSSR count). The topological polar surface area (TPSA) is 102 Å². The number of aliphatic hydroxyl groups excluding tert-OH is 1. The highest BCUT2D eigenvalue weighted by atomic mass is 28.3. The first-order valence-electron chi connectivity index (χ1n) is 12.5. The third-order valence-corrected chi connectivity index (χ3v) is 8.95. The summed E-state index contributed by atoms with van der Waals surface area (Å²) < 4.78 is 7.81. The van der Waals surface area contributed by atoms with Gasteiger partial charge in [-0.3, -0.25) is 9.78 Å². The highest BCUT2D eigenvalue weighted by Crippen LogP contribution is 2.44. The van der Waals surface area contributed by atoms with E-state index in [1.807, 2.05) is 10.9 Å². The van der Waals surface area contributed by atoms with Gasteiger partial charge in [0.05, 0.1) is 23.2 Å². The number of benzene rings is 1. The van der Waals surface area contributed by atoms with E-state index in [2.05, 4.69) is 66.2 Å². The van der Waals surface area contributed by atoms with E-state index in [0.29, 0.717) is 18.7 Å². The number of rotatable bonds is 8. The SMILES string of the molecule is COC1C(CCNC(=O)c2ccccn2)CC(O)C1c1c(C)cc(-n2cc([Si](C)(C)C)nn2)cc1C. The highest BCUT2D eigenvalue weighted by molar-refractivity contribution is 6.88. The molecular formula is C27H37N5O3Si. The van der Waals surface area contributed by atoms with E-state index in [4.69, 9.17) is 4.74 Å². The van der Waals surface area contributed by atoms with Crippen LogP contribution in [0.2, 0.25) is 19.6 Å². The minimum Gasteiger partial charge on any atom is -0.392 e. The third-order valence-electron chi connectivity index (χ3n) is 7.19. The summed E-state index contributed by atoms with van der Waals surface area (Å²) in [7, 11) is 0.163. The van der Waals surface area contributed by atoms with Crippen molar-refractivity contribution in [2.45, 2.75) is 64.5 Å². The maximum Gasteiger partial charge on any atom is 0.269 e. The van der Waals surface area contributed by atoms with Crippen LogP contribution in [0.15, 0.2) is 42.7 Å². The Hall–Kier alpha value is -2.88. The molecule has 4 atom stereocenters. The third kappa shape index (κ3) is 5.43. The van der Waals surface area contributed by atoms with E-state index in [1.165, 1.54) is 0 Å². The quantitative estimate of drug-likeness (QED) is 0.454. The zero-order valence-corrected chi connectivity index (χ0v) is 23.0. The van der Waals surface area contributed by atoms with E-state index >= 15 is 0 Å². The number of hydrogen-bond acceptors (Lipinski definition) is 6. The molecule has 1 aliphatic rings. The molecule has 4 unspecified atom stereocenters. The van der Waals surface area contributed by atoms with Crippen LogP contribution in [0.4, 0.5) is 0 Å². The normalized spacial score (nSPS) is 22.1. The Labute approximate surface area is 214 Å². The largest absolute Gasteiger partial charge is 0.392 e. The van der Waals surface area contributed by atoms with Crippen molar-refractivity contribution >= 4 is 19.3 Å². The van der Waals surface area contributed by atoms with Gasteiger partial charge in [0, 0.05) is 32.0 Å². The Balaban J connectivity index is 1.50. The van der Waals surface area contributed by atoms with Crippen molar-refractivity contribution in [3.63, 3.8) is 0 Å². The van der Waals surface area contributed by atoms with Gasteiger partial charge in [-0.2, -0.15) is 0 Å². The fourth-order valence-electron chi connectivity index (χ4n) is 5.38. The summed E-state index contributed by atoms with van der Waals surface area (Å²) in [6.45, 7) is 11.4. The van der Waals surface area contributed by atoms with Crippen molar-refractivity contribution in [3.8, 4) is 5.69 Å². The molecule has 2 heterocycles. The Bertz CT molecular complexity index is 1180. The van der Waals surface area contributed by atoms with Crippen LogP contribution < -0.4 is 10.6 Å². The summed E-state index contributed by atoms with van der Waals surface area (Å²) in [5.74, 6) is -0.187. The number of methoxy groups -OCH3 is 1. The zero-order chi connectivity index (χ0) is 26.0. The number of hydrogen-bond donors (Lipinski definition) is 2. The first-order chi connectivity index (χ1) is 17.1. The fourth-order valence-corrected chi connectivity index (χ4v) is 6.24. The van der Waals surface area contributed by atoms with Gasteiger partial charge in [0.15, 0.2) is 0 Å². The molecule has 8 nitrogen and oxygen atoms in total. The number of nitrogens with zero attached hydrogens (tertiary/aromatic N) is 4. The van der Waals surface area contributed by atoms with Crippen molar-refractivity contribution in [3.05, 3.63) is 65.1 Å². The second-order valence-corrected chi connectivity index (χ2v) is 15.9. The van der Waals surface area contributed by atoms with Gasteiger partial charge in [0.25, 0.3) is 5.91 Å². The number of ether oxygens (including phenoxy) is 1. The summed E-state index contributed by atoms with van der Waals surface area (Å²) >= 11 is 0. The molecule has 9 heteroatoms. The van der Waals surface area contributed by atoms with E-state index in [1.54, 1.807) is 31.5 Å². The van der Waals surface area contributed by atoms with Gasteiger partial charge in [0.1, 0.15) is 13.8 Å². The first kappa shape index (κ1) is 26.2. The van der Waals surface area contributed by atoms with Crippen molar-refractivity contribution < 1.29 is 14.6 Å². The summed E-state index contributed by atoms with van der Waals surface area (Å²) in [6, 6.07) is 9.51. The molecule has 1 amide bonds. The molecule has 36 heavy (non-hydrogen) atoms. The lowest BCUT2D eigenvalue weighted by Gasteiger charge is -2.28. The molecule has 3 aromatic rings. The lowest BCUT2D eigenvalue weighted by molar-refractivity contribution is 0.0436. The van der Waals surface area contributed by atoms with E-state index < -0.39 is 14.2 Å².